The number of hydrogen-bond donors (Lipinski definition) is 1. The minimum absolute atomic E-state index is 0. The second-order valence-corrected chi connectivity index (χ2v) is 7.32. The summed E-state index contributed by atoms with van der Waals surface area (Å²) in [5, 5.41) is 3.60. The van der Waals surface area contributed by atoms with Crippen molar-refractivity contribution in [3.05, 3.63) is 0 Å². The van der Waals surface area contributed by atoms with Crippen molar-refractivity contribution in [2.45, 2.75) is 40.0 Å². The average molecular weight is 465 g/mol. The smallest absolute Gasteiger partial charge is 0.193 e. The van der Waals surface area contributed by atoms with E-state index in [4.69, 9.17) is 0 Å². The maximum absolute atomic E-state index is 4.53. The first-order valence-corrected chi connectivity index (χ1v) is 10.1. The van der Waals surface area contributed by atoms with E-state index in [0.717, 1.165) is 37.4 Å². The third-order valence-corrected chi connectivity index (χ3v) is 6.07. The summed E-state index contributed by atoms with van der Waals surface area (Å²) in [6.45, 7) is 17.4. The third-order valence-electron chi connectivity index (χ3n) is 6.07. The second kappa shape index (κ2) is 12.3. The molecule has 0 saturated carbocycles. The molecule has 0 aliphatic carbocycles. The van der Waals surface area contributed by atoms with Crippen LogP contribution in [0.3, 0.4) is 0 Å². The first kappa shape index (κ1) is 23.0. The maximum Gasteiger partial charge on any atom is 0.193 e. The summed E-state index contributed by atoms with van der Waals surface area (Å²) >= 11 is 0. The Kier molecular flexibility index (Phi) is 11.3. The molecular formula is C19H40IN5. The van der Waals surface area contributed by atoms with E-state index in [0.29, 0.717) is 0 Å². The molecule has 0 aromatic heterocycles. The van der Waals surface area contributed by atoms with E-state index in [1.54, 1.807) is 0 Å². The predicted octanol–water partition coefficient (Wildman–Crippen LogP) is 2.58. The molecule has 25 heavy (non-hydrogen) atoms. The van der Waals surface area contributed by atoms with E-state index in [-0.39, 0.29) is 24.0 Å². The molecule has 148 valence electrons. The van der Waals surface area contributed by atoms with Gasteiger partial charge in [-0.2, -0.15) is 0 Å². The lowest BCUT2D eigenvalue weighted by molar-refractivity contribution is 0.139. The molecule has 0 aromatic carbocycles. The number of piperazine rings is 1. The summed E-state index contributed by atoms with van der Waals surface area (Å²) in [5.74, 6) is 2.83. The number of likely N-dealkylation sites (N-methyl/N-ethyl adjacent to an activating group) is 1. The second-order valence-electron chi connectivity index (χ2n) is 7.32. The summed E-state index contributed by atoms with van der Waals surface area (Å²) in [6.07, 6.45) is 3.95. The Labute approximate surface area is 172 Å². The summed E-state index contributed by atoms with van der Waals surface area (Å²) in [6, 6.07) is 0. The highest BCUT2D eigenvalue weighted by molar-refractivity contribution is 14.0. The van der Waals surface area contributed by atoms with Gasteiger partial charge in [0.15, 0.2) is 5.96 Å². The summed E-state index contributed by atoms with van der Waals surface area (Å²) < 4.78 is 0. The molecule has 0 spiro atoms. The minimum Gasteiger partial charge on any atom is -0.355 e. The highest BCUT2D eigenvalue weighted by Gasteiger charge is 2.29. The Morgan fingerprint density at radius 2 is 1.68 bits per heavy atom. The van der Waals surface area contributed by atoms with Crippen LogP contribution >= 0.6 is 24.0 Å². The Morgan fingerprint density at radius 1 is 1.04 bits per heavy atom. The standard InChI is InChI=1S/C19H39N5.HI/c1-5-17(6-2)18-8-10-24(16-18)19(20-4)21-9-11-23-14-12-22(7-3)13-15-23;/h17-18H,5-16H2,1-4H3,(H,20,21);1H. The monoisotopic (exact) mass is 465 g/mol. The van der Waals surface area contributed by atoms with Crippen molar-refractivity contribution in [3.63, 3.8) is 0 Å². The van der Waals surface area contributed by atoms with E-state index in [1.807, 2.05) is 7.05 Å². The van der Waals surface area contributed by atoms with Gasteiger partial charge in [-0.1, -0.05) is 33.6 Å². The van der Waals surface area contributed by atoms with Gasteiger partial charge in [0.25, 0.3) is 0 Å². The quantitative estimate of drug-likeness (QED) is 0.356. The van der Waals surface area contributed by atoms with Gasteiger partial charge in [-0.3, -0.25) is 9.89 Å². The SMILES string of the molecule is CCC(CC)C1CCN(C(=NC)NCCN2CCN(CC)CC2)C1.I. The molecule has 5 nitrogen and oxygen atoms in total. The molecule has 1 atom stereocenters. The van der Waals surface area contributed by atoms with Crippen LogP contribution in [0.4, 0.5) is 0 Å². The number of rotatable bonds is 7. The fourth-order valence-corrected chi connectivity index (χ4v) is 4.31. The maximum atomic E-state index is 4.53. The van der Waals surface area contributed by atoms with Crippen LogP contribution in [0.1, 0.15) is 40.0 Å². The van der Waals surface area contributed by atoms with Gasteiger partial charge in [-0.05, 0) is 24.8 Å². The van der Waals surface area contributed by atoms with Gasteiger partial charge in [0.2, 0.25) is 0 Å². The van der Waals surface area contributed by atoms with E-state index < -0.39 is 0 Å². The molecule has 1 N–H and O–H groups in total. The normalized spacial score (nSPS) is 23.2. The van der Waals surface area contributed by atoms with Gasteiger partial charge in [0.1, 0.15) is 0 Å². The van der Waals surface area contributed by atoms with Gasteiger partial charge in [0.05, 0.1) is 0 Å². The molecule has 0 radical (unpaired) electrons. The molecular weight excluding hydrogens is 425 g/mol. The van der Waals surface area contributed by atoms with E-state index in [2.05, 4.69) is 45.8 Å². The zero-order chi connectivity index (χ0) is 17.4. The predicted molar refractivity (Wildman–Crippen MR) is 119 cm³/mol. The number of aliphatic imine (C=N–C) groups is 1. The molecule has 2 rings (SSSR count). The first-order valence-electron chi connectivity index (χ1n) is 10.1. The number of guanidine groups is 1. The molecule has 1 unspecified atom stereocenters. The highest BCUT2D eigenvalue weighted by atomic mass is 127. The topological polar surface area (TPSA) is 34.1 Å². The molecule has 2 aliphatic heterocycles. The lowest BCUT2D eigenvalue weighted by Crippen LogP contribution is -2.49. The van der Waals surface area contributed by atoms with Gasteiger partial charge >= 0.3 is 0 Å². The van der Waals surface area contributed by atoms with Crippen LogP contribution in [0.25, 0.3) is 0 Å². The molecule has 2 aliphatic rings. The van der Waals surface area contributed by atoms with Crippen LogP contribution < -0.4 is 5.32 Å². The lowest BCUT2D eigenvalue weighted by atomic mass is 9.87. The van der Waals surface area contributed by atoms with Crippen molar-refractivity contribution >= 4 is 29.9 Å². The van der Waals surface area contributed by atoms with Gasteiger partial charge < -0.3 is 15.1 Å². The van der Waals surface area contributed by atoms with Crippen LogP contribution in [-0.4, -0.2) is 86.6 Å². The molecule has 0 bridgehead atoms. The van der Waals surface area contributed by atoms with E-state index in [1.165, 1.54) is 58.5 Å². The van der Waals surface area contributed by atoms with Crippen molar-refractivity contribution in [1.29, 1.82) is 0 Å². The number of likely N-dealkylation sites (tertiary alicyclic amines) is 1. The zero-order valence-electron chi connectivity index (χ0n) is 16.8. The van der Waals surface area contributed by atoms with Crippen molar-refractivity contribution in [2.24, 2.45) is 16.8 Å². The van der Waals surface area contributed by atoms with E-state index in [9.17, 15) is 0 Å². The van der Waals surface area contributed by atoms with Crippen molar-refractivity contribution in [1.82, 2.24) is 20.0 Å². The summed E-state index contributed by atoms with van der Waals surface area (Å²) in [4.78, 5) is 12.1. The summed E-state index contributed by atoms with van der Waals surface area (Å²) in [7, 11) is 1.92. The van der Waals surface area contributed by atoms with Crippen LogP contribution in [-0.2, 0) is 0 Å². The molecule has 2 saturated heterocycles. The van der Waals surface area contributed by atoms with Gasteiger partial charge in [-0.25, -0.2) is 0 Å². The average Bonchev–Trinajstić information content (AvgIpc) is 3.10. The van der Waals surface area contributed by atoms with Crippen LogP contribution in [0.5, 0.6) is 0 Å². The van der Waals surface area contributed by atoms with Crippen LogP contribution in [0.2, 0.25) is 0 Å². The Balaban J connectivity index is 0.00000312. The Morgan fingerprint density at radius 3 is 2.24 bits per heavy atom. The molecule has 2 fully saturated rings. The fraction of sp³-hybridized carbons (Fsp3) is 0.947. The minimum atomic E-state index is 0. The largest absolute Gasteiger partial charge is 0.355 e. The Hall–Kier alpha value is -0.0800. The van der Waals surface area contributed by atoms with Crippen molar-refractivity contribution < 1.29 is 0 Å². The highest BCUT2D eigenvalue weighted by Crippen LogP contribution is 2.28. The first-order chi connectivity index (χ1) is 11.7. The lowest BCUT2D eigenvalue weighted by Gasteiger charge is -2.34. The Bertz CT molecular complexity index is 378. The fourth-order valence-electron chi connectivity index (χ4n) is 4.31. The third kappa shape index (κ3) is 6.86. The van der Waals surface area contributed by atoms with Gasteiger partial charge in [0, 0.05) is 59.4 Å². The summed E-state index contributed by atoms with van der Waals surface area (Å²) in [5.41, 5.74) is 0. The van der Waals surface area contributed by atoms with Crippen molar-refractivity contribution in [3.8, 4) is 0 Å². The van der Waals surface area contributed by atoms with Crippen LogP contribution in [0.15, 0.2) is 4.99 Å². The number of halogens is 1. The number of nitrogens with zero attached hydrogens (tertiary/aromatic N) is 4. The molecule has 6 heteroatoms. The van der Waals surface area contributed by atoms with Crippen molar-refractivity contribution in [2.75, 3.05) is 66.0 Å². The van der Waals surface area contributed by atoms with Crippen LogP contribution in [0, 0.1) is 11.8 Å². The molecule has 0 amide bonds. The molecule has 0 aromatic rings. The van der Waals surface area contributed by atoms with E-state index >= 15 is 0 Å². The zero-order valence-corrected chi connectivity index (χ0v) is 19.2. The van der Waals surface area contributed by atoms with Gasteiger partial charge in [-0.15, -0.1) is 24.0 Å². The number of hydrogen-bond acceptors (Lipinski definition) is 3. The molecule has 2 heterocycles. The number of nitrogens with one attached hydrogen (secondary N) is 1.